The van der Waals surface area contributed by atoms with Crippen LogP contribution in [0.3, 0.4) is 0 Å². The maximum absolute atomic E-state index is 13.1. The van der Waals surface area contributed by atoms with Gasteiger partial charge in [0.1, 0.15) is 4.53 Å². The number of imidazole rings is 1. The molecule has 2 aromatic carbocycles. The minimum atomic E-state index is -0.176. The molecular weight excluding hydrogens is 334 g/mol. The molecule has 3 heterocycles. The summed E-state index contributed by atoms with van der Waals surface area (Å²) in [5.74, 6) is -0.116. The molecule has 1 aliphatic heterocycles. The van der Waals surface area contributed by atoms with E-state index in [4.69, 9.17) is 0 Å². The van der Waals surface area contributed by atoms with Crippen LogP contribution >= 0.6 is 11.3 Å². The van der Waals surface area contributed by atoms with Crippen LogP contribution in [-0.4, -0.2) is 21.8 Å². The fourth-order valence-corrected chi connectivity index (χ4v) is 4.55. The zero-order valence-corrected chi connectivity index (χ0v) is 14.2. The molecule has 6 heteroatoms. The first-order valence-corrected chi connectivity index (χ1v) is 8.88. The first kappa shape index (κ1) is 14.4. The van der Waals surface area contributed by atoms with Crippen molar-refractivity contribution in [1.82, 2.24) is 9.38 Å². The first-order chi connectivity index (χ1) is 12.2. The summed E-state index contributed by atoms with van der Waals surface area (Å²) < 4.78 is 2.06. The zero-order valence-electron chi connectivity index (χ0n) is 13.4. The van der Waals surface area contributed by atoms with E-state index in [1.807, 2.05) is 55.5 Å². The molecule has 0 saturated carbocycles. The van der Waals surface area contributed by atoms with Crippen LogP contribution in [0.4, 0.5) is 5.69 Å². The summed E-state index contributed by atoms with van der Waals surface area (Å²) in [4.78, 5) is 32.9. The Labute approximate surface area is 146 Å². The van der Waals surface area contributed by atoms with Crippen molar-refractivity contribution in [3.63, 3.8) is 0 Å². The summed E-state index contributed by atoms with van der Waals surface area (Å²) in [6.45, 7) is 2.50. The normalized spacial score (nSPS) is 16.2. The monoisotopic (exact) mass is 347 g/mol. The quantitative estimate of drug-likeness (QED) is 0.530. The van der Waals surface area contributed by atoms with E-state index >= 15 is 0 Å². The van der Waals surface area contributed by atoms with Gasteiger partial charge in [-0.05, 0) is 25.1 Å². The number of rotatable bonds is 1. The van der Waals surface area contributed by atoms with E-state index in [1.165, 1.54) is 11.3 Å². The maximum atomic E-state index is 13.1. The zero-order chi connectivity index (χ0) is 17.1. The van der Waals surface area contributed by atoms with Gasteiger partial charge in [-0.25, -0.2) is 9.38 Å². The molecule has 0 fully saturated rings. The molecule has 0 unspecified atom stereocenters. The highest BCUT2D eigenvalue weighted by atomic mass is 32.1. The topological polar surface area (TPSA) is 54.7 Å². The van der Waals surface area contributed by atoms with E-state index in [2.05, 4.69) is 4.98 Å². The van der Waals surface area contributed by atoms with Gasteiger partial charge >= 0.3 is 0 Å². The van der Waals surface area contributed by atoms with Crippen molar-refractivity contribution in [2.45, 2.75) is 6.92 Å². The number of hydrogen-bond donors (Lipinski definition) is 0. The second-order valence-electron chi connectivity index (χ2n) is 5.90. The van der Waals surface area contributed by atoms with Gasteiger partial charge in [0, 0.05) is 12.1 Å². The predicted molar refractivity (Wildman–Crippen MR) is 99.0 cm³/mol. The molecule has 0 aliphatic carbocycles. The van der Waals surface area contributed by atoms with E-state index in [0.29, 0.717) is 21.6 Å². The Morgan fingerprint density at radius 3 is 2.64 bits per heavy atom. The molecule has 0 N–H and O–H groups in total. The fourth-order valence-electron chi connectivity index (χ4n) is 3.48. The third-order valence-electron chi connectivity index (χ3n) is 4.59. The lowest BCUT2D eigenvalue weighted by atomic mass is 10.1. The Morgan fingerprint density at radius 2 is 1.80 bits per heavy atom. The minimum absolute atomic E-state index is 0.116. The number of likely N-dealkylation sites (N-methyl/N-ethyl adjacent to an activating group) is 1. The van der Waals surface area contributed by atoms with Crippen molar-refractivity contribution >= 4 is 44.5 Å². The van der Waals surface area contributed by atoms with Crippen LogP contribution in [-0.2, 0) is 4.79 Å². The fraction of sp³-hybridized carbons (Fsp3) is 0.105. The first-order valence-electron chi connectivity index (χ1n) is 8.06. The molecule has 5 rings (SSSR count). The largest absolute Gasteiger partial charge is 0.308 e. The number of hydrogen-bond acceptors (Lipinski definition) is 4. The predicted octanol–water partition coefficient (Wildman–Crippen LogP) is 2.19. The van der Waals surface area contributed by atoms with E-state index in [-0.39, 0.29) is 11.5 Å². The Hall–Kier alpha value is -2.99. The standard InChI is InChI=1S/C19H13N3O2S/c1-2-21-13-9-5-3-7-11(13)15(17(21)23)16-18(24)22-14-10-6-4-8-12(14)20-19(22)25-16/h3-10H,2H2,1H3/b16-15+. The van der Waals surface area contributed by atoms with Gasteiger partial charge in [0.05, 0.1) is 22.3 Å². The number of anilines is 1. The van der Waals surface area contributed by atoms with Crippen molar-refractivity contribution < 1.29 is 4.79 Å². The average molecular weight is 347 g/mol. The second kappa shape index (κ2) is 5.00. The van der Waals surface area contributed by atoms with E-state index in [1.54, 1.807) is 9.30 Å². The van der Waals surface area contributed by atoms with Crippen molar-refractivity contribution in [2.24, 2.45) is 0 Å². The van der Waals surface area contributed by atoms with Crippen molar-refractivity contribution in [1.29, 1.82) is 0 Å². The van der Waals surface area contributed by atoms with Crippen LogP contribution in [0.25, 0.3) is 21.6 Å². The minimum Gasteiger partial charge on any atom is -0.308 e. The molecule has 2 aromatic heterocycles. The van der Waals surface area contributed by atoms with Gasteiger partial charge in [-0.3, -0.25) is 9.59 Å². The van der Waals surface area contributed by atoms with Crippen LogP contribution in [0.1, 0.15) is 12.5 Å². The number of nitrogens with zero attached hydrogens (tertiary/aromatic N) is 3. The van der Waals surface area contributed by atoms with Gasteiger partial charge in [-0.1, -0.05) is 41.7 Å². The van der Waals surface area contributed by atoms with Gasteiger partial charge in [-0.15, -0.1) is 0 Å². The van der Waals surface area contributed by atoms with Gasteiger partial charge in [-0.2, -0.15) is 0 Å². The lowest BCUT2D eigenvalue weighted by Crippen LogP contribution is -2.32. The smallest absolute Gasteiger partial charge is 0.275 e. The summed E-state index contributed by atoms with van der Waals surface area (Å²) in [6.07, 6.45) is 0. The van der Waals surface area contributed by atoms with Crippen LogP contribution < -0.4 is 15.0 Å². The molecule has 0 atom stereocenters. The molecule has 4 aromatic rings. The summed E-state index contributed by atoms with van der Waals surface area (Å²) in [5.41, 5.74) is 3.56. The molecule has 0 radical (unpaired) electrons. The second-order valence-corrected chi connectivity index (χ2v) is 6.87. The summed E-state index contributed by atoms with van der Waals surface area (Å²) in [5, 5.41) is 0. The summed E-state index contributed by atoms with van der Waals surface area (Å²) >= 11 is 1.28. The number of thiazole rings is 1. The van der Waals surface area contributed by atoms with Crippen molar-refractivity contribution in [2.75, 3.05) is 11.4 Å². The highest BCUT2D eigenvalue weighted by Crippen LogP contribution is 2.34. The Kier molecular flexibility index (Phi) is 2.87. The summed E-state index contributed by atoms with van der Waals surface area (Å²) in [6, 6.07) is 15.2. The summed E-state index contributed by atoms with van der Waals surface area (Å²) in [7, 11) is 0. The molecule has 122 valence electrons. The van der Waals surface area contributed by atoms with E-state index < -0.39 is 0 Å². The third-order valence-corrected chi connectivity index (χ3v) is 5.63. The van der Waals surface area contributed by atoms with Crippen molar-refractivity contribution in [3.8, 4) is 0 Å². The van der Waals surface area contributed by atoms with Crippen LogP contribution in [0.15, 0.2) is 53.3 Å². The number of carbonyl (C=O) groups excluding carboxylic acids is 1. The lowest BCUT2D eigenvalue weighted by molar-refractivity contribution is -0.113. The highest BCUT2D eigenvalue weighted by Gasteiger charge is 2.33. The Bertz CT molecular complexity index is 1290. The Morgan fingerprint density at radius 1 is 1.04 bits per heavy atom. The average Bonchev–Trinajstić information content (AvgIpc) is 3.23. The maximum Gasteiger partial charge on any atom is 0.275 e. The Balaban J connectivity index is 1.94. The van der Waals surface area contributed by atoms with Gasteiger partial charge in [0.15, 0.2) is 4.96 Å². The number of para-hydroxylation sites is 3. The molecular formula is C19H13N3O2S. The highest BCUT2D eigenvalue weighted by molar-refractivity contribution is 7.15. The number of benzene rings is 2. The van der Waals surface area contributed by atoms with Crippen LogP contribution in [0, 0.1) is 0 Å². The molecule has 5 nitrogen and oxygen atoms in total. The number of carbonyl (C=O) groups is 1. The van der Waals surface area contributed by atoms with Gasteiger partial charge in [0.2, 0.25) is 0 Å². The van der Waals surface area contributed by atoms with E-state index in [9.17, 15) is 9.59 Å². The van der Waals surface area contributed by atoms with Crippen molar-refractivity contribution in [3.05, 3.63) is 69.0 Å². The van der Waals surface area contributed by atoms with Crippen LogP contribution in [0.2, 0.25) is 0 Å². The molecule has 0 saturated heterocycles. The molecule has 0 bridgehead atoms. The van der Waals surface area contributed by atoms with E-state index in [0.717, 1.165) is 22.3 Å². The number of fused-ring (bicyclic) bond motifs is 4. The number of amides is 1. The third kappa shape index (κ3) is 1.80. The molecule has 0 spiro atoms. The SMILES string of the molecule is CCN1C(=O)/C(=c2/sc3nc4ccccc4n3c2=O)c2ccccc21. The molecule has 1 amide bonds. The lowest BCUT2D eigenvalue weighted by Gasteiger charge is -2.13. The molecule has 1 aliphatic rings. The van der Waals surface area contributed by atoms with Gasteiger partial charge < -0.3 is 4.90 Å². The van der Waals surface area contributed by atoms with Crippen LogP contribution in [0.5, 0.6) is 0 Å². The number of aromatic nitrogens is 2. The molecule has 25 heavy (non-hydrogen) atoms. The van der Waals surface area contributed by atoms with Gasteiger partial charge in [0.25, 0.3) is 11.5 Å².